The minimum atomic E-state index is -1.01. The van der Waals surface area contributed by atoms with Gasteiger partial charge < -0.3 is 5.11 Å². The monoisotopic (exact) mass is 257 g/mol. The molecule has 0 aliphatic heterocycles. The summed E-state index contributed by atoms with van der Waals surface area (Å²) in [6.45, 7) is 1.77. The van der Waals surface area contributed by atoms with Crippen molar-refractivity contribution in [3.63, 3.8) is 0 Å². The van der Waals surface area contributed by atoms with Gasteiger partial charge in [0.25, 0.3) is 0 Å². The van der Waals surface area contributed by atoms with E-state index < -0.39 is 5.97 Å². The number of carboxylic acid groups (broad SMARTS) is 1. The van der Waals surface area contributed by atoms with Crippen molar-refractivity contribution in [3.8, 4) is 11.3 Å². The van der Waals surface area contributed by atoms with Crippen LogP contribution < -0.4 is 0 Å². The number of aromatic nitrogens is 5. The summed E-state index contributed by atoms with van der Waals surface area (Å²) in [6.07, 6.45) is 6.58. The van der Waals surface area contributed by atoms with E-state index in [1.165, 1.54) is 10.7 Å². The van der Waals surface area contributed by atoms with Crippen molar-refractivity contribution >= 4 is 11.5 Å². The number of aromatic carboxylic acids is 1. The van der Waals surface area contributed by atoms with Crippen LogP contribution in [0.4, 0.5) is 0 Å². The minimum Gasteiger partial charge on any atom is -0.478 e. The third-order valence-electron chi connectivity index (χ3n) is 2.90. The predicted molar refractivity (Wildman–Crippen MR) is 66.9 cm³/mol. The van der Waals surface area contributed by atoms with Crippen LogP contribution in [-0.4, -0.2) is 35.5 Å². The Morgan fingerprint density at radius 1 is 1.26 bits per heavy atom. The fraction of sp³-hybridized carbons (Fsp3) is 0.167. The second-order valence-corrected chi connectivity index (χ2v) is 4.27. The number of carbonyl (C=O) groups is 1. The molecule has 0 aliphatic rings. The molecule has 0 unspecified atom stereocenters. The average Bonchev–Trinajstić information content (AvgIpc) is 2.94. The zero-order chi connectivity index (χ0) is 13.6. The standard InChI is InChI=1S/C12H11N5O2/c1-7-11-9(12(18)19)4-14-17(11)6-10(15-7)8-3-13-16(2)5-8/h3-6H,1-2H3,(H,18,19). The number of rotatable bonds is 2. The van der Waals surface area contributed by atoms with Gasteiger partial charge in [-0.05, 0) is 6.92 Å². The molecule has 0 fully saturated rings. The van der Waals surface area contributed by atoms with E-state index in [0.717, 1.165) is 5.56 Å². The number of hydrogen-bond acceptors (Lipinski definition) is 4. The highest BCUT2D eigenvalue weighted by molar-refractivity contribution is 5.96. The lowest BCUT2D eigenvalue weighted by Gasteiger charge is -2.03. The van der Waals surface area contributed by atoms with Crippen molar-refractivity contribution in [1.82, 2.24) is 24.4 Å². The molecule has 0 radical (unpaired) electrons. The molecule has 0 aromatic carbocycles. The molecule has 3 rings (SSSR count). The van der Waals surface area contributed by atoms with E-state index >= 15 is 0 Å². The van der Waals surface area contributed by atoms with E-state index in [2.05, 4.69) is 15.2 Å². The zero-order valence-electron chi connectivity index (χ0n) is 10.4. The molecule has 0 saturated heterocycles. The van der Waals surface area contributed by atoms with E-state index in [1.54, 1.807) is 24.0 Å². The Morgan fingerprint density at radius 3 is 2.68 bits per heavy atom. The average molecular weight is 257 g/mol. The Labute approximate surface area is 108 Å². The van der Waals surface area contributed by atoms with E-state index in [0.29, 0.717) is 16.9 Å². The van der Waals surface area contributed by atoms with Gasteiger partial charge in [-0.25, -0.2) is 14.3 Å². The Bertz CT molecular complexity index is 787. The quantitative estimate of drug-likeness (QED) is 0.744. The van der Waals surface area contributed by atoms with Crippen LogP contribution >= 0.6 is 0 Å². The fourth-order valence-corrected chi connectivity index (χ4v) is 2.05. The number of nitrogens with zero attached hydrogens (tertiary/aromatic N) is 5. The lowest BCUT2D eigenvalue weighted by molar-refractivity contribution is 0.0699. The highest BCUT2D eigenvalue weighted by atomic mass is 16.4. The van der Waals surface area contributed by atoms with Crippen LogP contribution in [0, 0.1) is 6.92 Å². The number of fused-ring (bicyclic) bond motifs is 1. The van der Waals surface area contributed by atoms with Crippen molar-refractivity contribution in [1.29, 1.82) is 0 Å². The topological polar surface area (TPSA) is 85.3 Å². The minimum absolute atomic E-state index is 0.155. The highest BCUT2D eigenvalue weighted by Gasteiger charge is 2.15. The van der Waals surface area contributed by atoms with Gasteiger partial charge in [0.1, 0.15) is 11.1 Å². The zero-order valence-corrected chi connectivity index (χ0v) is 10.4. The molecule has 96 valence electrons. The molecule has 0 aliphatic carbocycles. The van der Waals surface area contributed by atoms with Gasteiger partial charge in [-0.15, -0.1) is 0 Å². The maximum atomic E-state index is 11.1. The predicted octanol–water partition coefficient (Wildman–Crippen LogP) is 1.14. The second kappa shape index (κ2) is 3.91. The van der Waals surface area contributed by atoms with Gasteiger partial charge in [0.15, 0.2) is 0 Å². The third kappa shape index (κ3) is 1.75. The number of carboxylic acids is 1. The Morgan fingerprint density at radius 2 is 2.05 bits per heavy atom. The molecule has 3 aromatic rings. The summed E-state index contributed by atoms with van der Waals surface area (Å²) in [5, 5.41) is 17.2. The van der Waals surface area contributed by atoms with Crippen molar-refractivity contribution in [2.24, 2.45) is 7.05 Å². The van der Waals surface area contributed by atoms with Gasteiger partial charge in [-0.1, -0.05) is 0 Å². The second-order valence-electron chi connectivity index (χ2n) is 4.27. The molecule has 3 heterocycles. The van der Waals surface area contributed by atoms with Crippen molar-refractivity contribution < 1.29 is 9.90 Å². The van der Waals surface area contributed by atoms with Crippen LogP contribution in [-0.2, 0) is 7.05 Å². The fourth-order valence-electron chi connectivity index (χ4n) is 2.05. The van der Waals surface area contributed by atoms with Crippen LogP contribution in [0.1, 0.15) is 16.1 Å². The van der Waals surface area contributed by atoms with E-state index in [9.17, 15) is 4.79 Å². The Hall–Kier alpha value is -2.70. The van der Waals surface area contributed by atoms with Crippen molar-refractivity contribution in [3.05, 3.63) is 36.0 Å². The molecular weight excluding hydrogens is 246 g/mol. The van der Waals surface area contributed by atoms with E-state index in [4.69, 9.17) is 5.11 Å². The van der Waals surface area contributed by atoms with E-state index in [-0.39, 0.29) is 5.56 Å². The number of hydrogen-bond donors (Lipinski definition) is 1. The summed E-state index contributed by atoms with van der Waals surface area (Å²) in [7, 11) is 1.82. The first kappa shape index (κ1) is 11.4. The maximum Gasteiger partial charge on any atom is 0.339 e. The molecule has 19 heavy (non-hydrogen) atoms. The van der Waals surface area contributed by atoms with E-state index in [1.807, 2.05) is 13.2 Å². The lowest BCUT2D eigenvalue weighted by atomic mass is 10.2. The molecular formula is C12H11N5O2. The summed E-state index contributed by atoms with van der Waals surface area (Å²) in [6, 6.07) is 0. The van der Waals surface area contributed by atoms with Crippen LogP contribution in [0.15, 0.2) is 24.8 Å². The molecule has 0 bridgehead atoms. The van der Waals surface area contributed by atoms with Gasteiger partial charge >= 0.3 is 5.97 Å². The molecule has 3 aromatic heterocycles. The van der Waals surface area contributed by atoms with Crippen LogP contribution in [0.25, 0.3) is 16.8 Å². The van der Waals surface area contributed by atoms with Crippen LogP contribution in [0.3, 0.4) is 0 Å². The molecule has 7 heteroatoms. The molecule has 0 amide bonds. The largest absolute Gasteiger partial charge is 0.478 e. The van der Waals surface area contributed by atoms with Gasteiger partial charge in [-0.3, -0.25) is 4.68 Å². The molecule has 0 saturated carbocycles. The summed E-state index contributed by atoms with van der Waals surface area (Å²) < 4.78 is 3.22. The summed E-state index contributed by atoms with van der Waals surface area (Å²) >= 11 is 0. The molecule has 0 spiro atoms. The van der Waals surface area contributed by atoms with Crippen LogP contribution in [0.2, 0.25) is 0 Å². The normalized spacial score (nSPS) is 11.1. The van der Waals surface area contributed by atoms with Crippen molar-refractivity contribution in [2.45, 2.75) is 6.92 Å². The number of aryl methyl sites for hydroxylation is 2. The first-order chi connectivity index (χ1) is 9.06. The Balaban J connectivity index is 2.24. The van der Waals surface area contributed by atoms with Crippen molar-refractivity contribution in [2.75, 3.05) is 0 Å². The highest BCUT2D eigenvalue weighted by Crippen LogP contribution is 2.20. The molecule has 7 nitrogen and oxygen atoms in total. The Kier molecular flexibility index (Phi) is 2.34. The SMILES string of the molecule is Cc1nc(-c2cnn(C)c2)cn2ncc(C(=O)O)c12. The summed E-state index contributed by atoms with van der Waals surface area (Å²) in [5.41, 5.74) is 2.86. The van der Waals surface area contributed by atoms with Gasteiger partial charge in [-0.2, -0.15) is 10.2 Å². The summed E-state index contributed by atoms with van der Waals surface area (Å²) in [4.78, 5) is 15.5. The van der Waals surface area contributed by atoms with Gasteiger partial charge in [0.2, 0.25) is 0 Å². The molecule has 1 N–H and O–H groups in total. The first-order valence-electron chi connectivity index (χ1n) is 5.63. The van der Waals surface area contributed by atoms with Crippen LogP contribution in [0.5, 0.6) is 0 Å². The first-order valence-corrected chi connectivity index (χ1v) is 5.63. The van der Waals surface area contributed by atoms with Gasteiger partial charge in [0, 0.05) is 18.8 Å². The third-order valence-corrected chi connectivity index (χ3v) is 2.90. The lowest BCUT2D eigenvalue weighted by Crippen LogP contribution is -2.00. The maximum absolute atomic E-state index is 11.1. The molecule has 0 atom stereocenters. The summed E-state index contributed by atoms with van der Waals surface area (Å²) in [5.74, 6) is -1.01. The van der Waals surface area contributed by atoms with Gasteiger partial charge in [0.05, 0.1) is 30.0 Å². The smallest absolute Gasteiger partial charge is 0.339 e.